The number of Topliss-reactive ketones (excluding diaryl/α,β-unsaturated/α-hetero) is 1. The lowest BCUT2D eigenvalue weighted by molar-refractivity contribution is -0.124. The minimum absolute atomic E-state index is 0.321. The van der Waals surface area contributed by atoms with E-state index in [0.29, 0.717) is 23.0 Å². The van der Waals surface area contributed by atoms with Crippen molar-refractivity contribution in [2.75, 3.05) is 13.2 Å². The third kappa shape index (κ3) is 2.84. The van der Waals surface area contributed by atoms with Gasteiger partial charge in [-0.1, -0.05) is 0 Å². The highest BCUT2D eigenvalue weighted by molar-refractivity contribution is 5.91. The Kier molecular flexibility index (Phi) is 4.42. The maximum absolute atomic E-state index is 12.5. The summed E-state index contributed by atoms with van der Waals surface area (Å²) in [6.45, 7) is 2.79. The van der Waals surface area contributed by atoms with E-state index >= 15 is 0 Å². The molecule has 0 saturated carbocycles. The van der Waals surface area contributed by atoms with Crippen molar-refractivity contribution in [3.05, 3.63) is 47.3 Å². The van der Waals surface area contributed by atoms with Crippen molar-refractivity contribution in [3.63, 3.8) is 0 Å². The molecule has 0 aliphatic heterocycles. The molecule has 5 heteroatoms. The maximum atomic E-state index is 12.5. The van der Waals surface area contributed by atoms with Crippen molar-refractivity contribution >= 4 is 5.78 Å². The van der Waals surface area contributed by atoms with Crippen LogP contribution in [0.25, 0.3) is 0 Å². The molecule has 2 rings (SSSR count). The first-order chi connectivity index (χ1) is 9.56. The molecular formula is C15H18O5. The van der Waals surface area contributed by atoms with E-state index in [1.165, 1.54) is 0 Å². The summed E-state index contributed by atoms with van der Waals surface area (Å²) in [5, 5.41) is 18.9. The summed E-state index contributed by atoms with van der Waals surface area (Å²) < 4.78 is 10.8. The number of rotatable bonds is 6. The summed E-state index contributed by atoms with van der Waals surface area (Å²) in [5.74, 6) is 0.214. The van der Waals surface area contributed by atoms with Crippen LogP contribution in [-0.4, -0.2) is 29.2 Å². The van der Waals surface area contributed by atoms with Crippen LogP contribution in [0.3, 0.4) is 0 Å². The molecule has 2 heterocycles. The third-order valence-electron chi connectivity index (χ3n) is 3.26. The zero-order valence-electron chi connectivity index (χ0n) is 11.5. The van der Waals surface area contributed by atoms with Crippen molar-refractivity contribution in [1.82, 2.24) is 0 Å². The van der Waals surface area contributed by atoms with Crippen LogP contribution in [0.1, 0.15) is 34.9 Å². The molecule has 0 radical (unpaired) electrons. The Morgan fingerprint density at radius 2 is 1.35 bits per heavy atom. The van der Waals surface area contributed by atoms with Crippen LogP contribution in [-0.2, 0) is 4.79 Å². The van der Waals surface area contributed by atoms with E-state index in [4.69, 9.17) is 8.83 Å². The largest absolute Gasteiger partial charge is 0.466 e. The standard InChI is InChI=1S/C15H18O5/c1-9-3-5-13(19-9)11(7-16)15(18)12(8-17)14-6-4-10(2)20-14/h3-6,11-12,16-17H,7-8H2,1-2H3. The number of ketones is 1. The molecule has 0 saturated heterocycles. The SMILES string of the molecule is Cc1ccc(C(CO)C(=O)C(CO)c2ccc(C)o2)o1. The molecule has 2 aromatic heterocycles. The maximum Gasteiger partial charge on any atom is 0.158 e. The number of aliphatic hydroxyl groups excluding tert-OH is 2. The molecule has 0 amide bonds. The molecule has 0 fully saturated rings. The van der Waals surface area contributed by atoms with Gasteiger partial charge in [0.25, 0.3) is 0 Å². The molecule has 0 aromatic carbocycles. The molecule has 0 aliphatic rings. The fraction of sp³-hybridized carbons (Fsp3) is 0.400. The number of hydrogen-bond acceptors (Lipinski definition) is 5. The van der Waals surface area contributed by atoms with Crippen LogP contribution >= 0.6 is 0 Å². The first kappa shape index (κ1) is 14.6. The van der Waals surface area contributed by atoms with Crippen LogP contribution in [0.5, 0.6) is 0 Å². The zero-order valence-corrected chi connectivity index (χ0v) is 11.5. The van der Waals surface area contributed by atoms with Crippen molar-refractivity contribution in [2.45, 2.75) is 25.7 Å². The van der Waals surface area contributed by atoms with Gasteiger partial charge in [0.1, 0.15) is 23.0 Å². The van der Waals surface area contributed by atoms with Crippen LogP contribution in [0.15, 0.2) is 33.1 Å². The van der Waals surface area contributed by atoms with Gasteiger partial charge in [0.15, 0.2) is 5.78 Å². The predicted octanol–water partition coefficient (Wildman–Crippen LogP) is 1.91. The van der Waals surface area contributed by atoms with E-state index in [0.717, 1.165) is 0 Å². The highest BCUT2D eigenvalue weighted by atomic mass is 16.3. The monoisotopic (exact) mass is 278 g/mol. The van der Waals surface area contributed by atoms with Crippen LogP contribution in [0.4, 0.5) is 0 Å². The summed E-state index contributed by atoms with van der Waals surface area (Å²) in [4.78, 5) is 12.5. The smallest absolute Gasteiger partial charge is 0.158 e. The van der Waals surface area contributed by atoms with Crippen molar-refractivity contribution in [1.29, 1.82) is 0 Å². The highest BCUT2D eigenvalue weighted by Gasteiger charge is 2.32. The third-order valence-corrected chi connectivity index (χ3v) is 3.26. The quantitative estimate of drug-likeness (QED) is 0.843. The second-order valence-electron chi connectivity index (χ2n) is 4.77. The van der Waals surface area contributed by atoms with Crippen molar-refractivity contribution < 1.29 is 23.8 Å². The van der Waals surface area contributed by atoms with Crippen molar-refractivity contribution in [3.8, 4) is 0 Å². The first-order valence-electron chi connectivity index (χ1n) is 6.45. The Balaban J connectivity index is 2.26. The van der Waals surface area contributed by atoms with Gasteiger partial charge >= 0.3 is 0 Å². The molecule has 5 nitrogen and oxygen atoms in total. The molecule has 108 valence electrons. The Bertz CT molecular complexity index is 530. The summed E-state index contributed by atoms with van der Waals surface area (Å²) in [6.07, 6.45) is 0. The van der Waals surface area contributed by atoms with Gasteiger partial charge in [-0.25, -0.2) is 0 Å². The average Bonchev–Trinajstić information content (AvgIpc) is 3.01. The van der Waals surface area contributed by atoms with Gasteiger partial charge in [-0.05, 0) is 38.1 Å². The fourth-order valence-electron chi connectivity index (χ4n) is 2.16. The van der Waals surface area contributed by atoms with Crippen molar-refractivity contribution in [2.24, 2.45) is 0 Å². The molecule has 20 heavy (non-hydrogen) atoms. The summed E-state index contributed by atoms with van der Waals surface area (Å²) in [5.41, 5.74) is 0. The zero-order chi connectivity index (χ0) is 14.7. The van der Waals surface area contributed by atoms with Gasteiger partial charge in [-0.3, -0.25) is 4.79 Å². The Morgan fingerprint density at radius 3 is 1.60 bits per heavy atom. The Labute approximate surface area is 116 Å². The molecule has 0 bridgehead atoms. The van der Waals surface area contributed by atoms with E-state index in [9.17, 15) is 15.0 Å². The number of carbonyl (C=O) groups is 1. The highest BCUT2D eigenvalue weighted by Crippen LogP contribution is 2.28. The minimum atomic E-state index is -0.800. The number of aliphatic hydroxyl groups is 2. The second-order valence-corrected chi connectivity index (χ2v) is 4.77. The number of furan rings is 2. The average molecular weight is 278 g/mol. The van der Waals surface area contributed by atoms with E-state index < -0.39 is 11.8 Å². The number of aryl methyl sites for hydroxylation is 2. The molecule has 0 spiro atoms. The lowest BCUT2D eigenvalue weighted by atomic mass is 9.90. The summed E-state index contributed by atoms with van der Waals surface area (Å²) in [6, 6.07) is 6.79. The van der Waals surface area contributed by atoms with Gasteiger partial charge in [0.2, 0.25) is 0 Å². The van der Waals surface area contributed by atoms with Crippen LogP contribution < -0.4 is 0 Å². The normalized spacial score (nSPS) is 14.2. The van der Waals surface area contributed by atoms with E-state index in [1.807, 2.05) is 0 Å². The topological polar surface area (TPSA) is 83.8 Å². The lowest BCUT2D eigenvalue weighted by Crippen LogP contribution is -2.25. The molecule has 2 N–H and O–H groups in total. The van der Waals surface area contributed by atoms with Gasteiger partial charge in [-0.15, -0.1) is 0 Å². The minimum Gasteiger partial charge on any atom is -0.466 e. The van der Waals surface area contributed by atoms with Gasteiger partial charge < -0.3 is 19.0 Å². The van der Waals surface area contributed by atoms with Crippen LogP contribution in [0, 0.1) is 13.8 Å². The molecule has 2 aromatic rings. The first-order valence-corrected chi connectivity index (χ1v) is 6.45. The van der Waals surface area contributed by atoms with E-state index in [-0.39, 0.29) is 19.0 Å². The second kappa shape index (κ2) is 6.07. The van der Waals surface area contributed by atoms with Gasteiger partial charge in [-0.2, -0.15) is 0 Å². The lowest BCUT2D eigenvalue weighted by Gasteiger charge is -2.16. The fourth-order valence-corrected chi connectivity index (χ4v) is 2.16. The van der Waals surface area contributed by atoms with Gasteiger partial charge in [0, 0.05) is 0 Å². The number of carbonyl (C=O) groups excluding carboxylic acids is 1. The van der Waals surface area contributed by atoms with E-state index in [2.05, 4.69) is 0 Å². The Hall–Kier alpha value is -1.85. The molecule has 2 unspecified atom stereocenters. The van der Waals surface area contributed by atoms with E-state index in [1.54, 1.807) is 38.1 Å². The molecular weight excluding hydrogens is 260 g/mol. The number of hydrogen-bond donors (Lipinski definition) is 2. The predicted molar refractivity (Wildman–Crippen MR) is 71.6 cm³/mol. The van der Waals surface area contributed by atoms with Crippen LogP contribution in [0.2, 0.25) is 0 Å². The molecule has 0 aliphatic carbocycles. The summed E-state index contributed by atoms with van der Waals surface area (Å²) >= 11 is 0. The molecule has 2 atom stereocenters. The Morgan fingerprint density at radius 1 is 0.950 bits per heavy atom. The summed E-state index contributed by atoms with van der Waals surface area (Å²) in [7, 11) is 0. The van der Waals surface area contributed by atoms with Gasteiger partial charge in [0.05, 0.1) is 25.0 Å².